The molecule has 2 aliphatic rings. The Morgan fingerprint density at radius 3 is 2.76 bits per heavy atom. The van der Waals surface area contributed by atoms with Gasteiger partial charge in [-0.05, 0) is 19.9 Å². The van der Waals surface area contributed by atoms with Crippen LogP contribution in [0.4, 0.5) is 0 Å². The van der Waals surface area contributed by atoms with Gasteiger partial charge >= 0.3 is 0 Å². The summed E-state index contributed by atoms with van der Waals surface area (Å²) in [5.41, 5.74) is 0.369. The molecule has 1 heterocycles. The molecule has 0 spiro atoms. The Kier molecular flexibility index (Phi) is 2.42. The van der Waals surface area contributed by atoms with Crippen LogP contribution in [0.3, 0.4) is 0 Å². The smallest absolute Gasteiger partial charge is 0.161 e. The fourth-order valence-electron chi connectivity index (χ4n) is 3.01. The van der Waals surface area contributed by atoms with Crippen molar-refractivity contribution in [3.63, 3.8) is 0 Å². The van der Waals surface area contributed by atoms with Gasteiger partial charge < -0.3 is 9.47 Å². The molecule has 1 aromatic carbocycles. The molecule has 0 N–H and O–H groups in total. The van der Waals surface area contributed by atoms with Crippen LogP contribution in [0, 0.1) is 5.92 Å². The average molecular weight is 273 g/mol. The first-order chi connectivity index (χ1) is 8.05. The molecule has 0 saturated heterocycles. The van der Waals surface area contributed by atoms with E-state index in [0.29, 0.717) is 6.61 Å². The van der Waals surface area contributed by atoms with Crippen molar-refractivity contribution >= 4 is 23.2 Å². The van der Waals surface area contributed by atoms with Crippen molar-refractivity contribution in [3.05, 3.63) is 29.8 Å². The summed E-state index contributed by atoms with van der Waals surface area (Å²) in [5.74, 6) is 0.820. The van der Waals surface area contributed by atoms with Crippen molar-refractivity contribution in [1.82, 2.24) is 0 Å². The molecule has 0 bridgehead atoms. The molecule has 3 atom stereocenters. The molecule has 1 saturated carbocycles. The zero-order valence-corrected chi connectivity index (χ0v) is 11.3. The molecule has 1 aliphatic carbocycles. The quantitative estimate of drug-likeness (QED) is 0.768. The fourth-order valence-corrected chi connectivity index (χ4v) is 4.12. The van der Waals surface area contributed by atoms with Crippen LogP contribution in [-0.4, -0.2) is 17.0 Å². The van der Waals surface area contributed by atoms with Crippen molar-refractivity contribution in [1.29, 1.82) is 0 Å². The van der Waals surface area contributed by atoms with E-state index in [1.807, 2.05) is 38.1 Å². The summed E-state index contributed by atoms with van der Waals surface area (Å²) in [5, 5.41) is 0. The van der Waals surface area contributed by atoms with Crippen molar-refractivity contribution in [2.45, 2.75) is 29.9 Å². The maximum atomic E-state index is 6.43. The number of para-hydroxylation sites is 1. The molecule has 1 aromatic rings. The highest BCUT2D eigenvalue weighted by Crippen LogP contribution is 2.74. The second-order valence-electron chi connectivity index (χ2n) is 4.59. The summed E-state index contributed by atoms with van der Waals surface area (Å²) < 4.78 is 10.9. The number of hydrogen-bond donors (Lipinski definition) is 0. The van der Waals surface area contributed by atoms with E-state index in [-0.39, 0.29) is 12.0 Å². The lowest BCUT2D eigenvalue weighted by atomic mass is 9.99. The van der Waals surface area contributed by atoms with E-state index in [1.54, 1.807) is 0 Å². The Bertz CT molecular complexity index is 460. The second kappa shape index (κ2) is 3.53. The van der Waals surface area contributed by atoms with Crippen molar-refractivity contribution in [3.8, 4) is 5.75 Å². The van der Waals surface area contributed by atoms with Crippen LogP contribution >= 0.6 is 23.2 Å². The molecule has 2 nitrogen and oxygen atoms in total. The minimum atomic E-state index is -0.894. The molecular formula is C13H14Cl2O2. The van der Waals surface area contributed by atoms with Crippen LogP contribution in [-0.2, 0) is 10.3 Å². The lowest BCUT2D eigenvalue weighted by Crippen LogP contribution is -2.30. The van der Waals surface area contributed by atoms with Crippen molar-refractivity contribution in [2.24, 2.45) is 5.92 Å². The van der Waals surface area contributed by atoms with Gasteiger partial charge in [-0.2, -0.15) is 0 Å². The predicted octanol–water partition coefficient (Wildman–Crippen LogP) is 3.50. The molecule has 4 heteroatoms. The zero-order chi connectivity index (χ0) is 12.3. The summed E-state index contributed by atoms with van der Waals surface area (Å²) in [7, 11) is 0. The summed E-state index contributed by atoms with van der Waals surface area (Å²) >= 11 is 12.9. The van der Waals surface area contributed by atoms with Crippen LogP contribution in [0.2, 0.25) is 0 Å². The normalized spacial score (nSPS) is 36.7. The van der Waals surface area contributed by atoms with Crippen LogP contribution in [0.5, 0.6) is 5.75 Å². The van der Waals surface area contributed by atoms with E-state index < -0.39 is 9.93 Å². The molecule has 1 aliphatic heterocycles. The topological polar surface area (TPSA) is 18.5 Å². The van der Waals surface area contributed by atoms with Gasteiger partial charge in [0.2, 0.25) is 0 Å². The molecule has 3 rings (SSSR count). The minimum absolute atomic E-state index is 0.00631. The van der Waals surface area contributed by atoms with Gasteiger partial charge in [0.25, 0.3) is 0 Å². The first kappa shape index (κ1) is 11.6. The SMILES string of the molecule is CCO[C@]12c3ccccc3O[C@@H](C)[C@H]1C2(Cl)Cl. The van der Waals surface area contributed by atoms with E-state index in [4.69, 9.17) is 32.7 Å². The Morgan fingerprint density at radius 2 is 2.06 bits per heavy atom. The first-order valence-corrected chi connectivity index (χ1v) is 6.59. The van der Waals surface area contributed by atoms with Crippen LogP contribution in [0.25, 0.3) is 0 Å². The van der Waals surface area contributed by atoms with Crippen LogP contribution in [0.1, 0.15) is 19.4 Å². The van der Waals surface area contributed by atoms with Gasteiger partial charge in [-0.25, -0.2) is 0 Å². The number of benzene rings is 1. The van der Waals surface area contributed by atoms with E-state index in [2.05, 4.69) is 0 Å². The summed E-state index contributed by atoms with van der Waals surface area (Å²) in [4.78, 5) is 0. The number of rotatable bonds is 2. The molecule has 0 unspecified atom stereocenters. The largest absolute Gasteiger partial charge is 0.490 e. The van der Waals surface area contributed by atoms with E-state index >= 15 is 0 Å². The third-order valence-electron chi connectivity index (χ3n) is 3.68. The highest BCUT2D eigenvalue weighted by Gasteiger charge is 2.82. The molecule has 0 amide bonds. The fraction of sp³-hybridized carbons (Fsp3) is 0.538. The first-order valence-electron chi connectivity index (χ1n) is 5.83. The molecule has 17 heavy (non-hydrogen) atoms. The maximum Gasteiger partial charge on any atom is 0.161 e. The van der Waals surface area contributed by atoms with Gasteiger partial charge in [0, 0.05) is 12.2 Å². The van der Waals surface area contributed by atoms with Crippen molar-refractivity contribution < 1.29 is 9.47 Å². The molecule has 0 aromatic heterocycles. The second-order valence-corrected chi connectivity index (χ2v) is 5.97. The lowest BCUT2D eigenvalue weighted by Gasteiger charge is -2.29. The molecule has 1 fully saturated rings. The summed E-state index contributed by atoms with van der Waals surface area (Å²) in [6.45, 7) is 4.52. The number of hydrogen-bond acceptors (Lipinski definition) is 2. The number of ether oxygens (including phenoxy) is 2. The average Bonchev–Trinajstić information content (AvgIpc) is 2.78. The van der Waals surface area contributed by atoms with E-state index in [0.717, 1.165) is 11.3 Å². The number of fused-ring (bicyclic) bond motifs is 3. The Labute approximate surface area is 111 Å². The zero-order valence-electron chi connectivity index (χ0n) is 9.74. The van der Waals surface area contributed by atoms with Crippen LogP contribution < -0.4 is 4.74 Å². The van der Waals surface area contributed by atoms with Crippen molar-refractivity contribution in [2.75, 3.05) is 6.61 Å². The highest BCUT2D eigenvalue weighted by molar-refractivity contribution is 6.52. The third kappa shape index (κ3) is 1.26. The predicted molar refractivity (Wildman–Crippen MR) is 67.8 cm³/mol. The number of halogens is 2. The van der Waals surface area contributed by atoms with Gasteiger partial charge in [-0.15, -0.1) is 0 Å². The Balaban J connectivity index is 2.16. The lowest BCUT2D eigenvalue weighted by molar-refractivity contribution is -0.00774. The molecular weight excluding hydrogens is 259 g/mol. The summed E-state index contributed by atoms with van der Waals surface area (Å²) in [6, 6.07) is 7.82. The summed E-state index contributed by atoms with van der Waals surface area (Å²) in [6.07, 6.45) is -0.0357. The van der Waals surface area contributed by atoms with Gasteiger partial charge in [0.1, 0.15) is 17.5 Å². The van der Waals surface area contributed by atoms with Gasteiger partial charge in [-0.3, -0.25) is 0 Å². The van der Waals surface area contributed by atoms with E-state index in [1.165, 1.54) is 0 Å². The molecule has 0 radical (unpaired) electrons. The van der Waals surface area contributed by atoms with Gasteiger partial charge in [-0.1, -0.05) is 41.4 Å². The minimum Gasteiger partial charge on any atom is -0.490 e. The van der Waals surface area contributed by atoms with E-state index in [9.17, 15) is 0 Å². The van der Waals surface area contributed by atoms with Gasteiger partial charge in [0.15, 0.2) is 4.33 Å². The van der Waals surface area contributed by atoms with Gasteiger partial charge in [0.05, 0.1) is 5.92 Å². The van der Waals surface area contributed by atoms with Crippen LogP contribution in [0.15, 0.2) is 24.3 Å². The standard InChI is InChI=1S/C13H14Cl2O2/c1-3-16-12-9-6-4-5-7-10(9)17-8(2)11(12)13(12,14)15/h4-8,11H,3H2,1-2H3/t8-,11+,12+/m0/s1. The third-order valence-corrected chi connectivity index (χ3v) is 4.71. The Hall–Kier alpha value is -0.440. The Morgan fingerprint density at radius 1 is 1.35 bits per heavy atom. The highest BCUT2D eigenvalue weighted by atomic mass is 35.5. The molecule has 92 valence electrons. The monoisotopic (exact) mass is 272 g/mol. The maximum absolute atomic E-state index is 6.43. The number of alkyl halides is 2.